The molecule has 23 heteroatoms. The van der Waals surface area contributed by atoms with E-state index in [4.69, 9.17) is 28.4 Å². The summed E-state index contributed by atoms with van der Waals surface area (Å²) in [5, 5.41) is 27.9. The predicted octanol–water partition coefficient (Wildman–Crippen LogP) is -1.69. The molecule has 0 aromatic rings. The fraction of sp³-hybridized carbons (Fsp3) is 1.00. The van der Waals surface area contributed by atoms with Gasteiger partial charge in [-0.2, -0.15) is 11.8 Å². The molecular formula is C21H33N3O17S3. The van der Waals surface area contributed by atoms with Crippen molar-refractivity contribution in [2.24, 2.45) is 0 Å². The van der Waals surface area contributed by atoms with Gasteiger partial charge < -0.3 is 42.9 Å². The molecule has 0 bridgehead atoms. The lowest BCUT2D eigenvalue weighted by Gasteiger charge is -2.13. The first-order chi connectivity index (χ1) is 20.9. The van der Waals surface area contributed by atoms with Crippen molar-refractivity contribution in [2.45, 2.75) is 70.7 Å². The molecule has 14 atom stereocenters. The Morgan fingerprint density at radius 3 is 1.23 bits per heavy atom. The smallest absolute Gasteiger partial charge is 0.294 e. The molecule has 0 aromatic heterocycles. The summed E-state index contributed by atoms with van der Waals surface area (Å²) >= 11 is 1.65. The van der Waals surface area contributed by atoms with Crippen LogP contribution in [-0.2, 0) is 64.5 Å². The van der Waals surface area contributed by atoms with Gasteiger partial charge >= 0.3 is 0 Å². The highest BCUT2D eigenvalue weighted by Crippen LogP contribution is 2.34. The topological polar surface area (TPSA) is 247 Å². The number of thioether (sulfide) groups is 1. The van der Waals surface area contributed by atoms with E-state index in [1.165, 1.54) is 0 Å². The zero-order valence-corrected chi connectivity index (χ0v) is 26.1. The lowest BCUT2D eigenvalue weighted by atomic mass is 10.1. The molecule has 0 aliphatic carbocycles. The average Bonchev–Trinajstić information content (AvgIpc) is 3.76. The molecule has 0 saturated carbocycles. The minimum atomic E-state index is -1.05. The van der Waals surface area contributed by atoms with Crippen molar-refractivity contribution < 1.29 is 66.6 Å². The molecule has 6 saturated heterocycles. The molecule has 0 N–H and O–H groups in total. The quantitative estimate of drug-likeness (QED) is 0.193. The monoisotopic (exact) mass is 695 g/mol. The van der Waals surface area contributed by atoms with Gasteiger partial charge in [0.15, 0.2) is 18.3 Å². The maximum absolute atomic E-state index is 11.3. The molecule has 6 fully saturated rings. The summed E-state index contributed by atoms with van der Waals surface area (Å²) in [6.45, 7) is 1.65. The number of fused-ring (bicyclic) bond motifs is 3. The highest BCUT2D eigenvalue weighted by atomic mass is 32.2. The summed E-state index contributed by atoms with van der Waals surface area (Å²) in [7, 11) is -2.11. The second kappa shape index (κ2) is 15.5. The van der Waals surface area contributed by atoms with E-state index in [0.717, 1.165) is 0 Å². The van der Waals surface area contributed by atoms with E-state index in [1.54, 1.807) is 24.3 Å². The summed E-state index contributed by atoms with van der Waals surface area (Å²) in [6, 6.07) is 0. The summed E-state index contributed by atoms with van der Waals surface area (Å²) in [4.78, 5) is 43.8. The first-order valence-electron chi connectivity index (χ1n) is 13.2. The molecule has 0 amide bonds. The van der Waals surface area contributed by atoms with Gasteiger partial charge in [-0.1, -0.05) is 0 Å². The van der Waals surface area contributed by atoms with Gasteiger partial charge in [0.25, 0.3) is 15.3 Å². The molecule has 6 aliphatic heterocycles. The van der Waals surface area contributed by atoms with E-state index < -0.39 is 67.4 Å². The van der Waals surface area contributed by atoms with Crippen molar-refractivity contribution in [1.82, 2.24) is 0 Å². The van der Waals surface area contributed by atoms with Crippen LogP contribution in [0, 0.1) is 30.3 Å². The number of hydrogen-bond donors (Lipinski definition) is 0. The Kier molecular flexibility index (Phi) is 12.3. The van der Waals surface area contributed by atoms with Crippen LogP contribution < -0.4 is 0 Å². The molecule has 0 aromatic carbocycles. The third-order valence-corrected chi connectivity index (χ3v) is 11.2. The van der Waals surface area contributed by atoms with Crippen LogP contribution in [0.5, 0.6) is 0 Å². The van der Waals surface area contributed by atoms with Crippen molar-refractivity contribution in [3.8, 4) is 0 Å². The Morgan fingerprint density at radius 2 is 0.886 bits per heavy atom. The molecule has 6 heterocycles. The molecule has 0 spiro atoms. The molecule has 0 radical (unpaired) electrons. The highest BCUT2D eigenvalue weighted by molar-refractivity contribution is 7.99. The van der Waals surface area contributed by atoms with Crippen LogP contribution in [-0.4, -0.2) is 153 Å². The fourth-order valence-corrected chi connectivity index (χ4v) is 8.14. The summed E-state index contributed by atoms with van der Waals surface area (Å²) in [5.74, 6) is 0. The van der Waals surface area contributed by atoms with Crippen LogP contribution in [0.2, 0.25) is 0 Å². The molecular weight excluding hydrogens is 662 g/mol. The van der Waals surface area contributed by atoms with E-state index >= 15 is 0 Å². The van der Waals surface area contributed by atoms with E-state index in [1.807, 2.05) is 6.26 Å². The van der Waals surface area contributed by atoms with Crippen molar-refractivity contribution in [2.75, 3.05) is 58.4 Å². The Balaban J connectivity index is 0.000000151. The van der Waals surface area contributed by atoms with Gasteiger partial charge in [-0.05, 0) is 6.26 Å². The van der Waals surface area contributed by atoms with Crippen LogP contribution in [0.4, 0.5) is 0 Å². The van der Waals surface area contributed by atoms with Crippen molar-refractivity contribution >= 4 is 33.4 Å². The van der Waals surface area contributed by atoms with E-state index in [9.17, 15) is 38.8 Å². The van der Waals surface area contributed by atoms with Crippen molar-refractivity contribution in [1.29, 1.82) is 0 Å². The summed E-state index contributed by atoms with van der Waals surface area (Å²) < 4.78 is 54.7. The normalized spacial score (nSPS) is 41.1. The van der Waals surface area contributed by atoms with Gasteiger partial charge in [0, 0.05) is 34.1 Å². The van der Waals surface area contributed by atoms with E-state index in [0.29, 0.717) is 19.8 Å². The van der Waals surface area contributed by atoms with Crippen molar-refractivity contribution in [3.05, 3.63) is 30.3 Å². The largest absolute Gasteiger partial charge is 0.372 e. The second-order valence-electron chi connectivity index (χ2n) is 10.2. The van der Waals surface area contributed by atoms with Gasteiger partial charge in [-0.15, -0.1) is 30.3 Å². The van der Waals surface area contributed by atoms with Crippen LogP contribution in [0.25, 0.3) is 0 Å². The van der Waals surface area contributed by atoms with Crippen LogP contribution in [0.15, 0.2) is 0 Å². The van der Waals surface area contributed by atoms with Gasteiger partial charge in [0.05, 0.1) is 55.4 Å². The maximum atomic E-state index is 11.3. The fourth-order valence-electron chi connectivity index (χ4n) is 5.66. The average molecular weight is 696 g/mol. The van der Waals surface area contributed by atoms with Crippen LogP contribution in [0.1, 0.15) is 0 Å². The molecule has 6 rings (SSSR count). The zero-order valence-electron chi connectivity index (χ0n) is 23.7. The predicted molar refractivity (Wildman–Crippen MR) is 147 cm³/mol. The molecule has 252 valence electrons. The summed E-state index contributed by atoms with van der Waals surface area (Å²) in [6.07, 6.45) is 1.19. The Bertz CT molecular complexity index is 1030. The lowest BCUT2D eigenvalue weighted by Crippen LogP contribution is -2.35. The lowest BCUT2D eigenvalue weighted by molar-refractivity contribution is -0.769. The minimum absolute atomic E-state index is 0.0602. The third kappa shape index (κ3) is 8.23. The SMILES string of the molecule is CS[C@H]1CO[C@H]2[C@@H]1OC[C@H]2O[N+](=O)[O-].C[S@@](=O)[C@H]1CO[C@H]2[C@@H]1OC[C@H]2O[N+](=O)[O-].C[S@](=O)[C@H]1CO[C@H]2[C@@H]1OC[C@H]2O[N+](=O)[O-]. The molecule has 44 heavy (non-hydrogen) atoms. The van der Waals surface area contributed by atoms with Crippen LogP contribution in [0.3, 0.4) is 0 Å². The molecule has 6 aliphatic rings. The Labute approximate surface area is 259 Å². The first-order valence-corrected chi connectivity index (χ1v) is 17.7. The number of ether oxygens (including phenoxy) is 6. The minimum Gasteiger partial charge on any atom is -0.372 e. The van der Waals surface area contributed by atoms with Gasteiger partial charge in [0.1, 0.15) is 36.6 Å². The molecule has 0 unspecified atom stereocenters. The Morgan fingerprint density at radius 1 is 0.568 bits per heavy atom. The van der Waals surface area contributed by atoms with Gasteiger partial charge in [0.2, 0.25) is 0 Å². The van der Waals surface area contributed by atoms with E-state index in [-0.39, 0.29) is 60.0 Å². The highest BCUT2D eigenvalue weighted by Gasteiger charge is 2.52. The van der Waals surface area contributed by atoms with Crippen LogP contribution >= 0.6 is 11.8 Å². The standard InChI is InChI=1S/2C7H11NO6S.C7H11NO5S/c2*1-15(11)5-3-13-6-4(14-8(9)10)2-12-7(5)6;1-14-5-3-12-6-4(13-8(9)10)2-11-7(5)6/h2*4-7H,2-3H2,1H3;4-7H,2-3H2,1H3/t4-,5+,6-,7-,15+;4-,5+,6-,7-,15-;4-,5+,6-,7-/m111/s1. The van der Waals surface area contributed by atoms with Gasteiger partial charge in [-0.25, -0.2) is 0 Å². The number of nitrogens with zero attached hydrogens (tertiary/aromatic N) is 3. The summed E-state index contributed by atoms with van der Waals surface area (Å²) in [5.41, 5.74) is 0. The number of hydrogen-bond acceptors (Lipinski definition) is 18. The Hall–Kier alpha value is -1.99. The van der Waals surface area contributed by atoms with Crippen molar-refractivity contribution in [3.63, 3.8) is 0 Å². The third-order valence-electron chi connectivity index (χ3n) is 7.71. The van der Waals surface area contributed by atoms with Gasteiger partial charge in [-0.3, -0.25) is 8.42 Å². The first kappa shape index (κ1) is 34.9. The van der Waals surface area contributed by atoms with E-state index in [2.05, 4.69) is 14.5 Å². The maximum Gasteiger partial charge on any atom is 0.294 e. The zero-order chi connectivity index (χ0) is 32.1. The molecule has 20 nitrogen and oxygen atoms in total. The number of rotatable bonds is 9. The second-order valence-corrected chi connectivity index (χ2v) is 14.5.